The van der Waals surface area contributed by atoms with Gasteiger partial charge in [-0.2, -0.15) is 0 Å². The first-order valence-electron chi connectivity index (χ1n) is 0.309. The molecule has 0 bridgehead atoms. The van der Waals surface area contributed by atoms with Crippen molar-refractivity contribution >= 4 is 18.8 Å². The van der Waals surface area contributed by atoms with Gasteiger partial charge >= 0.3 is 35.3 Å². The molecule has 0 aliphatic carbocycles. The van der Waals surface area contributed by atoms with E-state index in [9.17, 15) is 0 Å². The van der Waals surface area contributed by atoms with E-state index in [2.05, 4.69) is 0 Å². The molecular weight excluding hydrogens is 356 g/mol. The molecule has 0 saturated heterocycles. The van der Waals surface area contributed by atoms with Crippen LogP contribution in [-0.2, 0) is 49.2 Å². The fraction of sp³-hybridized carbons (Fsp3) is 0. The van der Waals surface area contributed by atoms with Crippen LogP contribution >= 0.6 is 18.8 Å². The molecule has 0 amide bonds. The molecule has 0 N–H and O–H groups in total. The molecule has 0 aromatic rings. The normalized spacial score (nSPS) is 3.60. The maximum atomic E-state index is 4.93. The Morgan fingerprint density at radius 2 is 1.20 bits per heavy atom. The van der Waals surface area contributed by atoms with Crippen molar-refractivity contribution < 1.29 is 49.2 Å². The van der Waals surface area contributed by atoms with Gasteiger partial charge in [-0.25, -0.2) is 0 Å². The monoisotopic (exact) mass is 358 g/mol. The SMILES string of the molecule is [CH3-].[Cl][W][Cl].[Y]. The van der Waals surface area contributed by atoms with Crippen molar-refractivity contribution in [2.24, 2.45) is 0 Å². The third-order valence-corrected chi connectivity index (χ3v) is 0. The molecule has 0 aromatic carbocycles. The Balaban J connectivity index is -0.0000000200. The molecule has 0 saturated carbocycles. The summed E-state index contributed by atoms with van der Waals surface area (Å²) in [6, 6.07) is 0. The Labute approximate surface area is 74.3 Å². The quantitative estimate of drug-likeness (QED) is 0.580. The molecule has 0 heterocycles. The van der Waals surface area contributed by atoms with Crippen molar-refractivity contribution in [2.75, 3.05) is 0 Å². The predicted octanol–water partition coefficient (Wildman–Crippen LogP) is 1.82. The summed E-state index contributed by atoms with van der Waals surface area (Å²) in [5, 5.41) is 0. The van der Waals surface area contributed by atoms with Crippen molar-refractivity contribution in [2.45, 2.75) is 0 Å². The second kappa shape index (κ2) is 16.2. The van der Waals surface area contributed by atoms with Crippen LogP contribution in [0.3, 0.4) is 0 Å². The number of hydrogen-bond donors (Lipinski definition) is 0. The molecule has 0 spiro atoms. The van der Waals surface area contributed by atoms with Crippen LogP contribution in [-0.4, -0.2) is 0 Å². The van der Waals surface area contributed by atoms with Crippen molar-refractivity contribution in [1.82, 2.24) is 0 Å². The van der Waals surface area contributed by atoms with E-state index < -0.39 is 16.5 Å². The smallest absolute Gasteiger partial charge is 0 e. The minimum atomic E-state index is -0.806. The Kier molecular flexibility index (Phi) is 50.6. The second-order valence-corrected chi connectivity index (χ2v) is 4.30. The van der Waals surface area contributed by atoms with Crippen molar-refractivity contribution in [3.63, 3.8) is 0 Å². The van der Waals surface area contributed by atoms with Gasteiger partial charge in [0.1, 0.15) is 0 Å². The van der Waals surface area contributed by atoms with Gasteiger partial charge in [0.2, 0.25) is 0 Å². The molecule has 5 heavy (non-hydrogen) atoms. The van der Waals surface area contributed by atoms with Crippen molar-refractivity contribution in [3.8, 4) is 0 Å². The molecule has 1 radical (unpaired) electrons. The Bertz CT molecular complexity index is 9.61. The zero-order valence-corrected chi connectivity index (χ0v) is 10.0. The van der Waals surface area contributed by atoms with E-state index in [-0.39, 0.29) is 40.1 Å². The topological polar surface area (TPSA) is 0 Å². The Morgan fingerprint density at radius 1 is 1.20 bits per heavy atom. The summed E-state index contributed by atoms with van der Waals surface area (Å²) in [5.74, 6) is 0. The maximum Gasteiger partial charge on any atom is 0 e. The molecule has 0 aliphatic heterocycles. The standard InChI is InChI=1S/CH3.2ClH.W.Y/h1H3;2*1H;;/q-1;;;+2;/p-2. The van der Waals surface area contributed by atoms with Crippen LogP contribution in [0.15, 0.2) is 0 Å². The van der Waals surface area contributed by atoms with E-state index in [0.29, 0.717) is 0 Å². The fourth-order valence-corrected chi connectivity index (χ4v) is 0. The largest absolute Gasteiger partial charge is 0 e. The number of hydrogen-bond acceptors (Lipinski definition) is 0. The number of halogens is 2. The summed E-state index contributed by atoms with van der Waals surface area (Å²) < 4.78 is 0. The Hall–Kier alpha value is 2.37. The zero-order chi connectivity index (χ0) is 2.71. The summed E-state index contributed by atoms with van der Waals surface area (Å²) in [7, 11) is 9.86. The predicted molar refractivity (Wildman–Crippen MR) is 18.1 cm³/mol. The van der Waals surface area contributed by atoms with E-state index in [4.69, 9.17) is 18.8 Å². The summed E-state index contributed by atoms with van der Waals surface area (Å²) >= 11 is -0.806. The van der Waals surface area contributed by atoms with Crippen LogP contribution in [0.4, 0.5) is 0 Å². The minimum Gasteiger partial charge on any atom is 0 e. The van der Waals surface area contributed by atoms with Crippen LogP contribution in [0.1, 0.15) is 0 Å². The van der Waals surface area contributed by atoms with Gasteiger partial charge in [0.05, 0.1) is 0 Å². The van der Waals surface area contributed by atoms with Crippen LogP contribution < -0.4 is 0 Å². The van der Waals surface area contributed by atoms with Gasteiger partial charge in [-0.1, -0.05) is 0 Å². The van der Waals surface area contributed by atoms with Crippen LogP contribution in [0.2, 0.25) is 0 Å². The van der Waals surface area contributed by atoms with E-state index in [1.165, 1.54) is 0 Å². The van der Waals surface area contributed by atoms with Gasteiger partial charge < -0.3 is 7.43 Å². The summed E-state index contributed by atoms with van der Waals surface area (Å²) in [4.78, 5) is 0. The minimum absolute atomic E-state index is 0. The molecule has 31 valence electrons. The molecule has 0 aromatic heterocycles. The molecule has 0 unspecified atom stereocenters. The van der Waals surface area contributed by atoms with E-state index in [0.717, 1.165) is 0 Å². The maximum absolute atomic E-state index is 4.93. The van der Waals surface area contributed by atoms with Gasteiger partial charge in [0, 0.05) is 32.7 Å². The summed E-state index contributed by atoms with van der Waals surface area (Å²) in [6.07, 6.45) is 0. The third kappa shape index (κ3) is 21.6. The molecule has 0 fully saturated rings. The van der Waals surface area contributed by atoms with Crippen LogP contribution in [0.5, 0.6) is 0 Å². The van der Waals surface area contributed by atoms with Crippen molar-refractivity contribution in [1.29, 1.82) is 0 Å². The van der Waals surface area contributed by atoms with Crippen LogP contribution in [0.25, 0.3) is 0 Å². The Morgan fingerprint density at radius 3 is 1.20 bits per heavy atom. The van der Waals surface area contributed by atoms with Gasteiger partial charge in [-0.3, -0.25) is 0 Å². The molecule has 0 rings (SSSR count). The number of rotatable bonds is 0. The first-order chi connectivity index (χ1) is 1.41. The van der Waals surface area contributed by atoms with E-state index >= 15 is 0 Å². The molecule has 4 heteroatoms. The van der Waals surface area contributed by atoms with Gasteiger partial charge in [-0.05, 0) is 0 Å². The van der Waals surface area contributed by atoms with E-state index in [1.54, 1.807) is 0 Å². The first kappa shape index (κ1) is 15.7. The fourth-order valence-electron chi connectivity index (χ4n) is 0. The second-order valence-electron chi connectivity index (χ2n) is 0.0583. The summed E-state index contributed by atoms with van der Waals surface area (Å²) in [6.45, 7) is 0. The van der Waals surface area contributed by atoms with Gasteiger partial charge in [-0.15, -0.1) is 0 Å². The summed E-state index contributed by atoms with van der Waals surface area (Å²) in [5.41, 5.74) is 0. The molecular formula is CH3Cl2WY-. The van der Waals surface area contributed by atoms with E-state index in [1.807, 2.05) is 0 Å². The average Bonchev–Trinajstić information content (AvgIpc) is 0.918. The van der Waals surface area contributed by atoms with Crippen molar-refractivity contribution in [3.05, 3.63) is 7.43 Å². The zero-order valence-electron chi connectivity index (χ0n) is 2.74. The first-order valence-corrected chi connectivity index (χ1v) is 7.58. The average molecular weight is 359 g/mol. The molecule has 0 nitrogen and oxygen atoms in total. The van der Waals surface area contributed by atoms with Crippen LogP contribution in [0, 0.1) is 7.43 Å². The molecule has 0 atom stereocenters. The van der Waals surface area contributed by atoms with Gasteiger partial charge in [0.25, 0.3) is 0 Å². The third-order valence-electron chi connectivity index (χ3n) is 0. The van der Waals surface area contributed by atoms with Gasteiger partial charge in [0.15, 0.2) is 0 Å². The molecule has 0 aliphatic rings.